The number of hydrogen-bond donors (Lipinski definition) is 3. The Hall–Kier alpha value is -1.66. The molecule has 5 nitrogen and oxygen atoms in total. The Balaban J connectivity index is 2.37. The lowest BCUT2D eigenvalue weighted by Gasteiger charge is -2.04. The molecule has 0 spiro atoms. The summed E-state index contributed by atoms with van der Waals surface area (Å²) in [7, 11) is 0. The van der Waals surface area contributed by atoms with Crippen LogP contribution in [-0.4, -0.2) is 23.6 Å². The summed E-state index contributed by atoms with van der Waals surface area (Å²) in [4.78, 5) is 0. The molecule has 3 N–H and O–H groups in total. The zero-order valence-electron chi connectivity index (χ0n) is 11.5. The Kier molecular flexibility index (Phi) is 7.60. The third-order valence-corrected chi connectivity index (χ3v) is 2.65. The molecule has 1 rings (SSSR count). The predicted octanol–water partition coefficient (Wildman–Crippen LogP) is 2.99. The molecule has 108 valence electrons. The van der Waals surface area contributed by atoms with E-state index in [9.17, 15) is 0 Å². The zero-order valence-corrected chi connectivity index (χ0v) is 13.1. The first-order valence-electron chi connectivity index (χ1n) is 6.24. The van der Waals surface area contributed by atoms with Gasteiger partial charge in [-0.15, -0.1) is 0 Å². The number of nitrogens with one attached hydrogen (secondary N) is 3. The molecule has 0 aromatic heterocycles. The van der Waals surface area contributed by atoms with Gasteiger partial charge in [-0.2, -0.15) is 10.2 Å². The quantitative estimate of drug-likeness (QED) is 0.429. The van der Waals surface area contributed by atoms with E-state index in [2.05, 4.69) is 33.3 Å². The fourth-order valence-corrected chi connectivity index (χ4v) is 1.45. The number of nitrogens with zero attached hydrogens (tertiary/aromatic N) is 2. The highest BCUT2D eigenvalue weighted by Crippen LogP contribution is 2.12. The van der Waals surface area contributed by atoms with Crippen molar-refractivity contribution in [3.8, 4) is 0 Å². The number of hydrazone groups is 2. The molecule has 0 bridgehead atoms. The van der Waals surface area contributed by atoms with Gasteiger partial charge >= 0.3 is 0 Å². The molecule has 0 saturated heterocycles. The van der Waals surface area contributed by atoms with Gasteiger partial charge in [0, 0.05) is 11.6 Å². The Morgan fingerprint density at radius 1 is 1.35 bits per heavy atom. The molecule has 0 saturated carbocycles. The second-order valence-corrected chi connectivity index (χ2v) is 4.84. The van der Waals surface area contributed by atoms with Gasteiger partial charge in [0.1, 0.15) is 0 Å². The van der Waals surface area contributed by atoms with E-state index in [4.69, 9.17) is 23.8 Å². The van der Waals surface area contributed by atoms with Gasteiger partial charge in [0.15, 0.2) is 5.11 Å². The number of thiocarbonyl (C=S) groups is 1. The highest BCUT2D eigenvalue weighted by molar-refractivity contribution is 7.80. The summed E-state index contributed by atoms with van der Waals surface area (Å²) in [6.07, 6.45) is 2.60. The van der Waals surface area contributed by atoms with Crippen LogP contribution in [0.15, 0.2) is 34.5 Å². The molecule has 7 heteroatoms. The van der Waals surface area contributed by atoms with Crippen molar-refractivity contribution < 1.29 is 0 Å². The van der Waals surface area contributed by atoms with Crippen molar-refractivity contribution >= 4 is 46.5 Å². The average molecular weight is 312 g/mol. The molecule has 0 aliphatic rings. The van der Waals surface area contributed by atoms with Crippen molar-refractivity contribution in [2.24, 2.45) is 10.2 Å². The monoisotopic (exact) mass is 311 g/mol. The van der Waals surface area contributed by atoms with E-state index in [0.29, 0.717) is 15.8 Å². The molecule has 0 heterocycles. The standard InChI is InChI=1S/C13H18ClN5S/c1-3-8-15-13(20)19-16-9-10(2)17-18-12-6-4-11(14)5-7-12/h4-7,9,18H,3,8H2,1-2H3,(H2,15,19,20)/b16-9-,17-10+. The summed E-state index contributed by atoms with van der Waals surface area (Å²) in [6.45, 7) is 4.72. The molecule has 0 atom stereocenters. The minimum Gasteiger partial charge on any atom is -0.361 e. The Labute approximate surface area is 129 Å². The molecular weight excluding hydrogens is 294 g/mol. The van der Waals surface area contributed by atoms with E-state index in [-0.39, 0.29) is 0 Å². The van der Waals surface area contributed by atoms with Crippen molar-refractivity contribution in [2.75, 3.05) is 12.0 Å². The average Bonchev–Trinajstić information content (AvgIpc) is 2.44. The smallest absolute Gasteiger partial charge is 0.186 e. The fraction of sp³-hybridized carbons (Fsp3) is 0.308. The SMILES string of the molecule is CCCNC(=S)N/N=C\C(C)=N\Nc1ccc(Cl)cc1. The van der Waals surface area contributed by atoms with E-state index in [0.717, 1.165) is 18.7 Å². The number of hydrogen-bond acceptors (Lipinski definition) is 4. The second-order valence-electron chi connectivity index (χ2n) is 4.00. The zero-order chi connectivity index (χ0) is 14.8. The van der Waals surface area contributed by atoms with Crippen LogP contribution in [0.4, 0.5) is 5.69 Å². The molecule has 1 aromatic rings. The molecule has 0 fully saturated rings. The van der Waals surface area contributed by atoms with Crippen LogP contribution >= 0.6 is 23.8 Å². The lowest BCUT2D eigenvalue weighted by Crippen LogP contribution is -2.32. The molecule has 20 heavy (non-hydrogen) atoms. The van der Waals surface area contributed by atoms with Crippen molar-refractivity contribution in [1.82, 2.24) is 10.7 Å². The van der Waals surface area contributed by atoms with Gasteiger partial charge in [-0.05, 0) is 49.8 Å². The summed E-state index contributed by atoms with van der Waals surface area (Å²) in [5, 5.41) is 12.3. The van der Waals surface area contributed by atoms with Crippen molar-refractivity contribution in [1.29, 1.82) is 0 Å². The van der Waals surface area contributed by atoms with Crippen molar-refractivity contribution in [3.05, 3.63) is 29.3 Å². The van der Waals surface area contributed by atoms with Crippen LogP contribution in [0, 0.1) is 0 Å². The summed E-state index contributed by atoms with van der Waals surface area (Å²) < 4.78 is 0. The van der Waals surface area contributed by atoms with Gasteiger partial charge in [0.05, 0.1) is 17.6 Å². The fourth-order valence-electron chi connectivity index (χ4n) is 1.17. The summed E-state index contributed by atoms with van der Waals surface area (Å²) >= 11 is 10.8. The van der Waals surface area contributed by atoms with E-state index in [1.54, 1.807) is 18.3 Å². The highest BCUT2D eigenvalue weighted by Gasteiger charge is 1.92. The van der Waals surface area contributed by atoms with Gasteiger partial charge in [0.2, 0.25) is 0 Å². The lowest BCUT2D eigenvalue weighted by atomic mass is 10.3. The Bertz CT molecular complexity index is 484. The van der Waals surface area contributed by atoms with Crippen molar-refractivity contribution in [2.45, 2.75) is 20.3 Å². The Morgan fingerprint density at radius 3 is 2.70 bits per heavy atom. The molecule has 0 unspecified atom stereocenters. The van der Waals surface area contributed by atoms with E-state index in [1.807, 2.05) is 19.1 Å². The topological polar surface area (TPSA) is 60.8 Å². The van der Waals surface area contributed by atoms with Crippen LogP contribution in [0.2, 0.25) is 5.02 Å². The highest BCUT2D eigenvalue weighted by atomic mass is 35.5. The molecule has 0 radical (unpaired) electrons. The third-order valence-electron chi connectivity index (χ3n) is 2.16. The van der Waals surface area contributed by atoms with Gasteiger partial charge in [-0.1, -0.05) is 18.5 Å². The van der Waals surface area contributed by atoms with Crippen LogP contribution in [0.1, 0.15) is 20.3 Å². The van der Waals surface area contributed by atoms with Crippen LogP contribution in [0.5, 0.6) is 0 Å². The first-order valence-corrected chi connectivity index (χ1v) is 7.03. The first-order chi connectivity index (χ1) is 9.61. The van der Waals surface area contributed by atoms with E-state index < -0.39 is 0 Å². The van der Waals surface area contributed by atoms with Gasteiger partial charge < -0.3 is 5.32 Å². The molecular formula is C13H18ClN5S. The number of anilines is 1. The van der Waals surface area contributed by atoms with Crippen molar-refractivity contribution in [3.63, 3.8) is 0 Å². The molecule has 0 amide bonds. The Morgan fingerprint density at radius 2 is 2.05 bits per heavy atom. The minimum atomic E-state index is 0.501. The van der Waals surface area contributed by atoms with Crippen LogP contribution in [0.25, 0.3) is 0 Å². The summed E-state index contributed by atoms with van der Waals surface area (Å²) in [5.74, 6) is 0. The van der Waals surface area contributed by atoms with Crippen LogP contribution in [0.3, 0.4) is 0 Å². The number of halogens is 1. The minimum absolute atomic E-state index is 0.501. The third kappa shape index (κ3) is 7.06. The second kappa shape index (κ2) is 9.28. The first kappa shape index (κ1) is 16.4. The number of benzene rings is 1. The van der Waals surface area contributed by atoms with E-state index >= 15 is 0 Å². The molecule has 0 aliphatic heterocycles. The van der Waals surface area contributed by atoms with Crippen LogP contribution < -0.4 is 16.2 Å². The summed E-state index contributed by atoms with van der Waals surface area (Å²) in [6, 6.07) is 7.28. The largest absolute Gasteiger partial charge is 0.361 e. The van der Waals surface area contributed by atoms with Gasteiger partial charge in [-0.25, -0.2) is 0 Å². The molecule has 1 aromatic carbocycles. The normalized spacial score (nSPS) is 11.4. The predicted molar refractivity (Wildman–Crippen MR) is 90.7 cm³/mol. The number of rotatable bonds is 6. The maximum atomic E-state index is 5.80. The molecule has 0 aliphatic carbocycles. The maximum Gasteiger partial charge on any atom is 0.186 e. The van der Waals surface area contributed by atoms with E-state index in [1.165, 1.54) is 0 Å². The lowest BCUT2D eigenvalue weighted by molar-refractivity contribution is 0.817. The van der Waals surface area contributed by atoms with Gasteiger partial charge in [0.25, 0.3) is 0 Å². The summed E-state index contributed by atoms with van der Waals surface area (Å²) in [5.41, 5.74) is 7.19. The van der Waals surface area contributed by atoms with Crippen LogP contribution in [-0.2, 0) is 0 Å². The maximum absolute atomic E-state index is 5.80. The van der Waals surface area contributed by atoms with Gasteiger partial charge in [-0.3, -0.25) is 10.9 Å².